The smallest absolute Gasteiger partial charge is 0.306 e. The van der Waals surface area contributed by atoms with Gasteiger partial charge in [-0.15, -0.1) is 0 Å². The van der Waals surface area contributed by atoms with Crippen molar-refractivity contribution in [2.75, 3.05) is 13.2 Å². The lowest BCUT2D eigenvalue weighted by atomic mass is 9.99. The van der Waals surface area contributed by atoms with Crippen LogP contribution in [0.1, 0.15) is 97.8 Å². The lowest BCUT2D eigenvalue weighted by molar-refractivity contribution is -0.144. The normalized spacial score (nSPS) is 12.0. The van der Waals surface area contributed by atoms with E-state index in [0.29, 0.717) is 32.0 Å². The highest BCUT2D eigenvalue weighted by atomic mass is 16.5. The second kappa shape index (κ2) is 16.8. The number of ether oxygens (including phenoxy) is 2. The van der Waals surface area contributed by atoms with E-state index in [9.17, 15) is 9.59 Å². The van der Waals surface area contributed by atoms with E-state index >= 15 is 0 Å². The number of hydrogen-bond donors (Lipinski definition) is 0. The summed E-state index contributed by atoms with van der Waals surface area (Å²) >= 11 is 0. The quantitative estimate of drug-likeness (QED) is 0.277. The van der Waals surface area contributed by atoms with E-state index in [1.807, 2.05) is 13.8 Å². The van der Waals surface area contributed by atoms with E-state index < -0.39 is 0 Å². The molecule has 1 unspecified atom stereocenters. The van der Waals surface area contributed by atoms with Crippen LogP contribution in [0, 0.1) is 5.92 Å². The SMILES string of the molecule is CCOC(=O)CCCCCCCCCCCC(C)CC(=O)OCC. The maximum atomic E-state index is 11.4. The number of esters is 2. The fourth-order valence-electron chi connectivity index (χ4n) is 2.84. The third kappa shape index (κ3) is 15.8. The zero-order valence-electron chi connectivity index (χ0n) is 16.1. The van der Waals surface area contributed by atoms with Gasteiger partial charge in [0, 0.05) is 12.8 Å². The molecule has 0 rings (SSSR count). The van der Waals surface area contributed by atoms with Gasteiger partial charge in [0.25, 0.3) is 0 Å². The number of unbranched alkanes of at least 4 members (excludes halogenated alkanes) is 8. The van der Waals surface area contributed by atoms with Crippen LogP contribution in [-0.4, -0.2) is 25.2 Å². The molecule has 0 N–H and O–H groups in total. The second-order valence-corrected chi connectivity index (χ2v) is 6.64. The van der Waals surface area contributed by atoms with Gasteiger partial charge in [0.15, 0.2) is 0 Å². The summed E-state index contributed by atoms with van der Waals surface area (Å²) in [5.41, 5.74) is 0. The molecular weight excluding hydrogens is 304 g/mol. The summed E-state index contributed by atoms with van der Waals surface area (Å²) in [7, 11) is 0. The predicted octanol–water partition coefficient (Wildman–Crippen LogP) is 5.43. The van der Waals surface area contributed by atoms with E-state index in [-0.39, 0.29) is 11.9 Å². The zero-order chi connectivity index (χ0) is 18.0. The third-order valence-corrected chi connectivity index (χ3v) is 4.20. The van der Waals surface area contributed by atoms with E-state index in [0.717, 1.165) is 19.3 Å². The van der Waals surface area contributed by atoms with Gasteiger partial charge in [0.1, 0.15) is 0 Å². The van der Waals surface area contributed by atoms with Crippen molar-refractivity contribution in [3.8, 4) is 0 Å². The summed E-state index contributed by atoms with van der Waals surface area (Å²) in [6.07, 6.45) is 13.1. The minimum atomic E-state index is -0.0621. The Hall–Kier alpha value is -1.06. The molecule has 0 spiro atoms. The molecule has 0 radical (unpaired) electrons. The Balaban J connectivity index is 3.25. The predicted molar refractivity (Wildman–Crippen MR) is 97.8 cm³/mol. The van der Waals surface area contributed by atoms with Gasteiger partial charge in [0.2, 0.25) is 0 Å². The molecule has 0 bridgehead atoms. The minimum absolute atomic E-state index is 0.0605. The van der Waals surface area contributed by atoms with Crippen LogP contribution in [0.2, 0.25) is 0 Å². The summed E-state index contributed by atoms with van der Waals surface area (Å²) in [5, 5.41) is 0. The Morgan fingerprint density at radius 2 is 1.17 bits per heavy atom. The van der Waals surface area contributed by atoms with Crippen LogP contribution in [0.3, 0.4) is 0 Å². The fraction of sp³-hybridized carbons (Fsp3) is 0.900. The van der Waals surface area contributed by atoms with Crippen molar-refractivity contribution in [3.63, 3.8) is 0 Å². The van der Waals surface area contributed by atoms with Crippen molar-refractivity contribution < 1.29 is 19.1 Å². The number of hydrogen-bond acceptors (Lipinski definition) is 4. The summed E-state index contributed by atoms with van der Waals surface area (Å²) < 4.78 is 9.88. The highest BCUT2D eigenvalue weighted by Crippen LogP contribution is 2.16. The van der Waals surface area contributed by atoms with E-state index in [4.69, 9.17) is 9.47 Å². The first kappa shape index (κ1) is 22.9. The molecular formula is C20H38O4. The van der Waals surface area contributed by atoms with E-state index in [2.05, 4.69) is 6.92 Å². The molecule has 142 valence electrons. The molecule has 0 saturated heterocycles. The van der Waals surface area contributed by atoms with Crippen LogP contribution >= 0.6 is 0 Å². The zero-order valence-corrected chi connectivity index (χ0v) is 16.1. The largest absolute Gasteiger partial charge is 0.466 e. The van der Waals surface area contributed by atoms with Gasteiger partial charge in [-0.05, 0) is 26.2 Å². The standard InChI is InChI=1S/C20H38O4/c1-4-23-19(21)16-14-12-10-8-6-7-9-11-13-15-18(3)17-20(22)24-5-2/h18H,4-17H2,1-3H3. The van der Waals surface area contributed by atoms with Crippen LogP contribution < -0.4 is 0 Å². The highest BCUT2D eigenvalue weighted by Gasteiger charge is 2.09. The monoisotopic (exact) mass is 342 g/mol. The maximum absolute atomic E-state index is 11.4. The van der Waals surface area contributed by atoms with Gasteiger partial charge in [-0.1, -0.05) is 64.7 Å². The Bertz CT molecular complexity index is 315. The van der Waals surface area contributed by atoms with Gasteiger partial charge in [-0.2, -0.15) is 0 Å². The molecule has 0 amide bonds. The molecule has 4 heteroatoms. The molecule has 0 aliphatic carbocycles. The van der Waals surface area contributed by atoms with Crippen molar-refractivity contribution in [2.45, 2.75) is 97.8 Å². The third-order valence-electron chi connectivity index (χ3n) is 4.20. The van der Waals surface area contributed by atoms with Gasteiger partial charge < -0.3 is 9.47 Å². The van der Waals surface area contributed by atoms with Gasteiger partial charge in [-0.3, -0.25) is 9.59 Å². The van der Waals surface area contributed by atoms with Gasteiger partial charge in [0.05, 0.1) is 13.2 Å². The fourth-order valence-corrected chi connectivity index (χ4v) is 2.84. The number of rotatable bonds is 16. The van der Waals surface area contributed by atoms with Gasteiger partial charge in [-0.25, -0.2) is 0 Å². The molecule has 0 fully saturated rings. The Kier molecular flexibility index (Phi) is 16.0. The summed E-state index contributed by atoms with van der Waals surface area (Å²) in [5.74, 6) is 0.311. The van der Waals surface area contributed by atoms with Crippen molar-refractivity contribution in [2.24, 2.45) is 5.92 Å². The van der Waals surface area contributed by atoms with Crippen LogP contribution in [0.4, 0.5) is 0 Å². The first-order valence-corrected chi connectivity index (χ1v) is 9.91. The van der Waals surface area contributed by atoms with Crippen LogP contribution in [0.15, 0.2) is 0 Å². The molecule has 0 aliphatic rings. The number of carbonyl (C=O) groups is 2. The average molecular weight is 343 g/mol. The molecule has 0 aromatic heterocycles. The lowest BCUT2D eigenvalue weighted by Crippen LogP contribution is -2.09. The lowest BCUT2D eigenvalue weighted by Gasteiger charge is -2.10. The first-order chi connectivity index (χ1) is 11.6. The van der Waals surface area contributed by atoms with Crippen molar-refractivity contribution in [1.82, 2.24) is 0 Å². The molecule has 24 heavy (non-hydrogen) atoms. The Labute approximate surface area is 148 Å². The molecule has 0 saturated carbocycles. The molecule has 0 aliphatic heterocycles. The van der Waals surface area contributed by atoms with Crippen molar-refractivity contribution in [3.05, 3.63) is 0 Å². The van der Waals surface area contributed by atoms with Crippen LogP contribution in [0.25, 0.3) is 0 Å². The topological polar surface area (TPSA) is 52.6 Å². The summed E-state index contributed by atoms with van der Waals surface area (Å²) in [6, 6.07) is 0. The molecule has 0 heterocycles. The minimum Gasteiger partial charge on any atom is -0.466 e. The van der Waals surface area contributed by atoms with E-state index in [1.54, 1.807) is 0 Å². The summed E-state index contributed by atoms with van der Waals surface area (Å²) in [4.78, 5) is 22.5. The van der Waals surface area contributed by atoms with E-state index in [1.165, 1.54) is 44.9 Å². The maximum Gasteiger partial charge on any atom is 0.306 e. The Morgan fingerprint density at radius 3 is 1.71 bits per heavy atom. The van der Waals surface area contributed by atoms with Crippen LogP contribution in [0.5, 0.6) is 0 Å². The van der Waals surface area contributed by atoms with Crippen LogP contribution in [-0.2, 0) is 19.1 Å². The summed E-state index contributed by atoms with van der Waals surface area (Å²) in [6.45, 7) is 6.80. The average Bonchev–Trinajstić information content (AvgIpc) is 2.53. The molecule has 0 aromatic rings. The first-order valence-electron chi connectivity index (χ1n) is 9.91. The molecule has 0 aromatic carbocycles. The number of carbonyl (C=O) groups excluding carboxylic acids is 2. The molecule has 1 atom stereocenters. The highest BCUT2D eigenvalue weighted by molar-refractivity contribution is 5.69. The van der Waals surface area contributed by atoms with Crippen molar-refractivity contribution >= 4 is 11.9 Å². The Morgan fingerprint density at radius 1 is 0.708 bits per heavy atom. The molecule has 4 nitrogen and oxygen atoms in total. The second-order valence-electron chi connectivity index (χ2n) is 6.64. The van der Waals surface area contributed by atoms with Crippen molar-refractivity contribution in [1.29, 1.82) is 0 Å². The van der Waals surface area contributed by atoms with Gasteiger partial charge >= 0.3 is 11.9 Å².